The Balaban J connectivity index is 1.60. The Bertz CT molecular complexity index is 861. The van der Waals surface area contributed by atoms with Gasteiger partial charge in [-0.15, -0.1) is 0 Å². The number of hydrogen-bond donors (Lipinski definition) is 2. The zero-order valence-corrected chi connectivity index (χ0v) is 15.8. The molecule has 0 aliphatic carbocycles. The van der Waals surface area contributed by atoms with Gasteiger partial charge in [-0.1, -0.05) is 17.7 Å². The van der Waals surface area contributed by atoms with E-state index in [-0.39, 0.29) is 18.2 Å². The Kier molecular flexibility index (Phi) is 5.61. The first-order valence-corrected chi connectivity index (χ1v) is 9.44. The van der Waals surface area contributed by atoms with Crippen molar-refractivity contribution in [1.29, 1.82) is 0 Å². The quantitative estimate of drug-likeness (QED) is 0.740. The van der Waals surface area contributed by atoms with E-state index in [4.69, 9.17) is 25.8 Å². The minimum atomic E-state index is -0.644. The molecule has 2 unspecified atom stereocenters. The van der Waals surface area contributed by atoms with Crippen LogP contribution >= 0.6 is 11.6 Å². The molecule has 4 rings (SSSR count). The zero-order chi connectivity index (χ0) is 19.5. The number of nitrogens with one attached hydrogen (secondary N) is 1. The topological polar surface area (TPSA) is 103 Å². The molecule has 2 aromatic rings. The Morgan fingerprint density at radius 2 is 2.14 bits per heavy atom. The van der Waals surface area contributed by atoms with Gasteiger partial charge in [0, 0.05) is 24.8 Å². The summed E-state index contributed by atoms with van der Waals surface area (Å²) in [5, 5.41) is 13.2. The number of amides is 1. The van der Waals surface area contributed by atoms with Gasteiger partial charge in [0.2, 0.25) is 0 Å². The summed E-state index contributed by atoms with van der Waals surface area (Å²) in [6.45, 7) is 1.52. The van der Waals surface area contributed by atoms with Crippen molar-refractivity contribution in [1.82, 2.24) is 15.3 Å². The van der Waals surface area contributed by atoms with Crippen LogP contribution in [0.4, 0.5) is 0 Å². The van der Waals surface area contributed by atoms with Gasteiger partial charge in [-0.3, -0.25) is 4.79 Å². The fourth-order valence-corrected chi connectivity index (χ4v) is 3.29. The number of ether oxygens (including phenoxy) is 3. The van der Waals surface area contributed by atoms with E-state index in [1.54, 1.807) is 18.3 Å². The molecule has 0 aromatic carbocycles. The van der Waals surface area contributed by atoms with Crippen LogP contribution in [0, 0.1) is 0 Å². The van der Waals surface area contributed by atoms with E-state index in [9.17, 15) is 9.90 Å². The summed E-state index contributed by atoms with van der Waals surface area (Å²) >= 11 is 5.85. The Hall–Kier alpha value is -2.42. The highest BCUT2D eigenvalue weighted by molar-refractivity contribution is 6.29. The minimum absolute atomic E-state index is 0.193. The molecule has 4 heterocycles. The highest BCUT2D eigenvalue weighted by atomic mass is 35.5. The summed E-state index contributed by atoms with van der Waals surface area (Å²) in [7, 11) is 0. The molecule has 2 N–H and O–H groups in total. The second kappa shape index (κ2) is 8.30. The summed E-state index contributed by atoms with van der Waals surface area (Å²) in [5.74, 6) is 0.414. The summed E-state index contributed by atoms with van der Waals surface area (Å²) in [4.78, 5) is 21.1. The minimum Gasteiger partial charge on any atom is -0.484 e. The van der Waals surface area contributed by atoms with Crippen LogP contribution < -0.4 is 14.8 Å². The molecule has 1 saturated heterocycles. The van der Waals surface area contributed by atoms with Gasteiger partial charge in [-0.2, -0.15) is 0 Å². The van der Waals surface area contributed by atoms with Crippen molar-refractivity contribution in [2.24, 2.45) is 0 Å². The summed E-state index contributed by atoms with van der Waals surface area (Å²) in [5.41, 5.74) is 1.87. The second-order valence-electron chi connectivity index (χ2n) is 6.67. The molecule has 0 saturated carbocycles. The van der Waals surface area contributed by atoms with Crippen LogP contribution in [0.3, 0.4) is 0 Å². The first-order chi connectivity index (χ1) is 13.6. The zero-order valence-electron chi connectivity index (χ0n) is 15.1. The average molecular weight is 406 g/mol. The summed E-state index contributed by atoms with van der Waals surface area (Å²) < 4.78 is 16.7. The van der Waals surface area contributed by atoms with Gasteiger partial charge in [-0.25, -0.2) is 9.97 Å². The van der Waals surface area contributed by atoms with Gasteiger partial charge in [0.05, 0.1) is 18.8 Å². The number of rotatable bonds is 4. The van der Waals surface area contributed by atoms with Crippen LogP contribution in [0.25, 0.3) is 0 Å². The Labute approximate surface area is 166 Å². The van der Waals surface area contributed by atoms with Crippen LogP contribution in [0.5, 0.6) is 11.6 Å². The molecule has 0 bridgehead atoms. The van der Waals surface area contributed by atoms with E-state index in [1.807, 2.05) is 6.07 Å². The highest BCUT2D eigenvalue weighted by Gasteiger charge is 2.28. The van der Waals surface area contributed by atoms with Crippen LogP contribution in [0.1, 0.15) is 28.0 Å². The molecular formula is C19H20ClN3O5. The lowest BCUT2D eigenvalue weighted by Gasteiger charge is -2.28. The molecule has 2 aliphatic rings. The van der Waals surface area contributed by atoms with E-state index >= 15 is 0 Å². The van der Waals surface area contributed by atoms with Crippen LogP contribution in [-0.2, 0) is 11.2 Å². The lowest BCUT2D eigenvalue weighted by Crippen LogP contribution is -2.49. The Morgan fingerprint density at radius 1 is 1.29 bits per heavy atom. The third-order valence-corrected chi connectivity index (χ3v) is 4.86. The third kappa shape index (κ3) is 4.19. The maximum absolute atomic E-state index is 12.7. The number of nitrogens with zero attached hydrogens (tertiary/aromatic N) is 2. The van der Waals surface area contributed by atoms with Crippen LogP contribution in [-0.4, -0.2) is 59.6 Å². The number of aliphatic hydroxyl groups is 1. The number of pyridine rings is 2. The second-order valence-corrected chi connectivity index (χ2v) is 7.06. The van der Waals surface area contributed by atoms with E-state index in [2.05, 4.69) is 15.3 Å². The first-order valence-electron chi connectivity index (χ1n) is 9.07. The molecule has 0 radical (unpaired) electrons. The maximum Gasteiger partial charge on any atom is 0.270 e. The predicted molar refractivity (Wildman–Crippen MR) is 100.0 cm³/mol. The van der Waals surface area contributed by atoms with Crippen molar-refractivity contribution in [3.05, 3.63) is 46.4 Å². The average Bonchev–Trinajstić information content (AvgIpc) is 2.71. The van der Waals surface area contributed by atoms with E-state index in [1.165, 1.54) is 0 Å². The number of aliphatic hydroxyl groups excluding tert-OH is 1. The molecule has 2 atom stereocenters. The lowest BCUT2D eigenvalue weighted by molar-refractivity contribution is -0.0140. The van der Waals surface area contributed by atoms with Crippen LogP contribution in [0.15, 0.2) is 24.4 Å². The number of halogens is 1. The monoisotopic (exact) mass is 405 g/mol. The van der Waals surface area contributed by atoms with Crippen molar-refractivity contribution in [3.63, 3.8) is 0 Å². The molecule has 1 fully saturated rings. The molecular weight excluding hydrogens is 386 g/mol. The number of carbonyl (C=O) groups is 1. The van der Waals surface area contributed by atoms with E-state index in [0.717, 1.165) is 11.1 Å². The van der Waals surface area contributed by atoms with Gasteiger partial charge in [0.15, 0.2) is 5.75 Å². The fourth-order valence-electron chi connectivity index (χ4n) is 3.18. The smallest absolute Gasteiger partial charge is 0.270 e. The number of carbonyl (C=O) groups excluding carboxylic acids is 1. The molecule has 2 aromatic heterocycles. The third-order valence-electron chi connectivity index (χ3n) is 4.64. The predicted octanol–water partition coefficient (Wildman–Crippen LogP) is 1.37. The molecule has 8 nitrogen and oxygen atoms in total. The van der Waals surface area contributed by atoms with Crippen LogP contribution in [0.2, 0.25) is 5.15 Å². The van der Waals surface area contributed by atoms with E-state index < -0.39 is 18.1 Å². The molecule has 9 heteroatoms. The molecule has 28 heavy (non-hydrogen) atoms. The fraction of sp³-hybridized carbons (Fsp3) is 0.421. The lowest BCUT2D eigenvalue weighted by atomic mass is 10.0. The Morgan fingerprint density at radius 3 is 2.93 bits per heavy atom. The maximum atomic E-state index is 12.7. The number of aromatic nitrogens is 2. The first kappa shape index (κ1) is 18.9. The van der Waals surface area contributed by atoms with Crippen molar-refractivity contribution in [3.8, 4) is 11.6 Å². The highest BCUT2D eigenvalue weighted by Crippen LogP contribution is 2.34. The number of hydrogen-bond acceptors (Lipinski definition) is 7. The van der Waals surface area contributed by atoms with Crippen molar-refractivity contribution < 1.29 is 24.1 Å². The van der Waals surface area contributed by atoms with Crippen molar-refractivity contribution in [2.45, 2.75) is 25.0 Å². The standard InChI is InChI=1S/C19H20ClN3O5/c20-16-2-1-11(9-21-16)7-12-8-13(23-19-17(12)27-5-6-28-19)18(25)22-14-10-26-4-3-15(14)24/h1-2,8-9,14-15,24H,3-7,10H2,(H,22,25). The molecule has 1 amide bonds. The molecule has 0 spiro atoms. The van der Waals surface area contributed by atoms with Gasteiger partial charge in [0.1, 0.15) is 24.1 Å². The SMILES string of the molecule is O=C(NC1COCCC1O)c1cc(Cc2ccc(Cl)nc2)c2c(n1)OCCO2. The van der Waals surface area contributed by atoms with Crippen molar-refractivity contribution in [2.75, 3.05) is 26.4 Å². The largest absolute Gasteiger partial charge is 0.484 e. The number of fused-ring (bicyclic) bond motifs is 1. The molecule has 148 valence electrons. The van der Waals surface area contributed by atoms with Gasteiger partial charge >= 0.3 is 0 Å². The van der Waals surface area contributed by atoms with Gasteiger partial charge < -0.3 is 24.6 Å². The summed E-state index contributed by atoms with van der Waals surface area (Å²) in [6, 6.07) is 4.77. The summed E-state index contributed by atoms with van der Waals surface area (Å²) in [6.07, 6.45) is 1.99. The van der Waals surface area contributed by atoms with E-state index in [0.29, 0.717) is 43.6 Å². The molecule has 2 aliphatic heterocycles. The van der Waals surface area contributed by atoms with Gasteiger partial charge in [0.25, 0.3) is 11.8 Å². The van der Waals surface area contributed by atoms with Crippen molar-refractivity contribution >= 4 is 17.5 Å². The normalized spacial score (nSPS) is 21.2. The van der Waals surface area contributed by atoms with Gasteiger partial charge in [-0.05, 0) is 24.1 Å².